The molecule has 2 aromatic rings. The van der Waals surface area contributed by atoms with Crippen LogP contribution in [0, 0.1) is 0 Å². The number of nitrogens with zero attached hydrogens (tertiary/aromatic N) is 2. The van der Waals surface area contributed by atoms with Crippen molar-refractivity contribution in [3.63, 3.8) is 0 Å². The standard InChI is InChI=1S/C19H14N2O2/c1-22-15-9-6-13(7-10-15)20-14-8-11-17-19(12-14)23-18-5-3-2-4-16(18)21-17/h2-12H,1H3. The molecule has 0 aromatic heterocycles. The maximum Gasteiger partial charge on any atom is 0.155 e. The molecule has 0 radical (unpaired) electrons. The minimum atomic E-state index is 0.721. The molecule has 0 atom stereocenters. The Hall–Kier alpha value is -3.14. The van der Waals surface area contributed by atoms with E-state index in [0.29, 0.717) is 0 Å². The molecular formula is C19H14N2O2. The zero-order valence-electron chi connectivity index (χ0n) is 12.6. The van der Waals surface area contributed by atoms with Gasteiger partial charge in [-0.1, -0.05) is 12.1 Å². The molecule has 0 fully saturated rings. The zero-order valence-corrected chi connectivity index (χ0v) is 12.6. The Morgan fingerprint density at radius 2 is 1.78 bits per heavy atom. The van der Waals surface area contributed by atoms with Gasteiger partial charge in [0.25, 0.3) is 0 Å². The minimum Gasteiger partial charge on any atom is -0.497 e. The maximum atomic E-state index is 5.92. The van der Waals surface area contributed by atoms with E-state index >= 15 is 0 Å². The summed E-state index contributed by atoms with van der Waals surface area (Å²) in [6.07, 6.45) is 0. The Kier molecular flexibility index (Phi) is 3.27. The van der Waals surface area contributed by atoms with Crippen molar-refractivity contribution in [1.82, 2.24) is 4.98 Å². The number of benzene rings is 3. The molecule has 23 heavy (non-hydrogen) atoms. The molecule has 1 heterocycles. The third kappa shape index (κ3) is 2.66. The van der Waals surface area contributed by atoms with Crippen LogP contribution in [0.3, 0.4) is 0 Å². The molecule has 4 rings (SSSR count). The van der Waals surface area contributed by atoms with Crippen molar-refractivity contribution in [2.75, 3.05) is 7.11 Å². The first-order valence-electron chi connectivity index (χ1n) is 7.30. The van der Waals surface area contributed by atoms with Crippen molar-refractivity contribution < 1.29 is 9.15 Å². The predicted molar refractivity (Wildman–Crippen MR) is 88.8 cm³/mol. The smallest absolute Gasteiger partial charge is 0.155 e. The van der Waals surface area contributed by atoms with Gasteiger partial charge in [0.05, 0.1) is 18.2 Å². The van der Waals surface area contributed by atoms with Crippen LogP contribution < -0.4 is 10.1 Å². The third-order valence-electron chi connectivity index (χ3n) is 3.60. The van der Waals surface area contributed by atoms with Gasteiger partial charge in [-0.15, -0.1) is 0 Å². The third-order valence-corrected chi connectivity index (χ3v) is 3.60. The lowest BCUT2D eigenvalue weighted by molar-refractivity contribution is 0.415. The van der Waals surface area contributed by atoms with E-state index in [9.17, 15) is 0 Å². The van der Waals surface area contributed by atoms with Gasteiger partial charge in [-0.2, -0.15) is 0 Å². The maximum absolute atomic E-state index is 5.92. The van der Waals surface area contributed by atoms with Crippen molar-refractivity contribution >= 4 is 16.8 Å². The molecule has 0 saturated carbocycles. The molecule has 2 aliphatic rings. The number of rotatable bonds is 2. The molecule has 0 unspecified atom stereocenters. The predicted octanol–water partition coefficient (Wildman–Crippen LogP) is 4.17. The van der Waals surface area contributed by atoms with E-state index in [0.717, 1.165) is 39.3 Å². The molecule has 1 aliphatic heterocycles. The number of hydrogen-bond donors (Lipinski definition) is 0. The average Bonchev–Trinajstić information content (AvgIpc) is 2.60. The monoisotopic (exact) mass is 302 g/mol. The second-order valence-corrected chi connectivity index (χ2v) is 5.14. The Balaban J connectivity index is 1.82. The fourth-order valence-electron chi connectivity index (χ4n) is 2.44. The molecular weight excluding hydrogens is 288 g/mol. The topological polar surface area (TPSA) is 47.6 Å². The molecule has 4 nitrogen and oxygen atoms in total. The van der Waals surface area contributed by atoms with E-state index in [1.807, 2.05) is 66.7 Å². The summed E-state index contributed by atoms with van der Waals surface area (Å²) in [4.78, 5) is 9.20. The molecule has 0 bridgehead atoms. The number of fused-ring (bicyclic) bond motifs is 2. The highest BCUT2D eigenvalue weighted by Crippen LogP contribution is 2.23. The van der Waals surface area contributed by atoms with E-state index in [2.05, 4.69) is 9.98 Å². The number of para-hydroxylation sites is 2. The Labute approximate surface area is 133 Å². The second-order valence-electron chi connectivity index (χ2n) is 5.14. The van der Waals surface area contributed by atoms with Crippen LogP contribution in [0.1, 0.15) is 0 Å². The van der Waals surface area contributed by atoms with Crippen molar-refractivity contribution in [3.8, 4) is 17.2 Å². The fraction of sp³-hybridized carbons (Fsp3) is 0.0526. The zero-order chi connectivity index (χ0) is 15.6. The minimum absolute atomic E-state index is 0.721. The van der Waals surface area contributed by atoms with Crippen LogP contribution in [0.15, 0.2) is 76.1 Å². The first-order valence-corrected chi connectivity index (χ1v) is 7.30. The van der Waals surface area contributed by atoms with Gasteiger partial charge in [-0.05, 0) is 48.5 Å². The van der Waals surface area contributed by atoms with E-state index in [1.54, 1.807) is 7.11 Å². The lowest BCUT2D eigenvalue weighted by Gasteiger charge is -2.05. The van der Waals surface area contributed by atoms with Gasteiger partial charge in [0.2, 0.25) is 0 Å². The summed E-state index contributed by atoms with van der Waals surface area (Å²) < 4.78 is 11.1. The van der Waals surface area contributed by atoms with Crippen LogP contribution in [-0.4, -0.2) is 12.1 Å². The van der Waals surface area contributed by atoms with Crippen molar-refractivity contribution in [1.29, 1.82) is 0 Å². The molecule has 0 N–H and O–H groups in total. The van der Waals surface area contributed by atoms with Gasteiger partial charge in [0.15, 0.2) is 11.3 Å². The van der Waals surface area contributed by atoms with Crippen LogP contribution in [0.25, 0.3) is 22.6 Å². The second kappa shape index (κ2) is 5.57. The summed E-state index contributed by atoms with van der Waals surface area (Å²) in [6, 6.07) is 21.1. The van der Waals surface area contributed by atoms with E-state index < -0.39 is 0 Å². The van der Waals surface area contributed by atoms with Gasteiger partial charge >= 0.3 is 0 Å². The van der Waals surface area contributed by atoms with E-state index in [4.69, 9.17) is 9.15 Å². The molecule has 1 aliphatic carbocycles. The van der Waals surface area contributed by atoms with Crippen LogP contribution in [0.4, 0.5) is 5.69 Å². The van der Waals surface area contributed by atoms with Crippen LogP contribution in [0.2, 0.25) is 0 Å². The number of methoxy groups -OCH3 is 1. The van der Waals surface area contributed by atoms with Gasteiger partial charge in [0.1, 0.15) is 17.0 Å². The summed E-state index contributed by atoms with van der Waals surface area (Å²) in [5.74, 6) is 1.53. The summed E-state index contributed by atoms with van der Waals surface area (Å²) in [7, 11) is 1.65. The lowest BCUT2D eigenvalue weighted by Crippen LogP contribution is -2.01. The first-order chi connectivity index (χ1) is 11.3. The lowest BCUT2D eigenvalue weighted by atomic mass is 10.2. The Morgan fingerprint density at radius 3 is 2.61 bits per heavy atom. The number of hydrogen-bond acceptors (Lipinski definition) is 4. The van der Waals surface area contributed by atoms with Gasteiger partial charge in [0, 0.05) is 6.07 Å². The van der Waals surface area contributed by atoms with Crippen molar-refractivity contribution in [2.45, 2.75) is 0 Å². The fourth-order valence-corrected chi connectivity index (χ4v) is 2.44. The Bertz CT molecular complexity index is 1000. The molecule has 0 saturated heterocycles. The first kappa shape index (κ1) is 13.5. The summed E-state index contributed by atoms with van der Waals surface area (Å²) in [6.45, 7) is 0. The summed E-state index contributed by atoms with van der Waals surface area (Å²) >= 11 is 0. The van der Waals surface area contributed by atoms with Gasteiger partial charge < -0.3 is 9.15 Å². The highest BCUT2D eigenvalue weighted by atomic mass is 16.5. The highest BCUT2D eigenvalue weighted by Gasteiger charge is 2.07. The van der Waals surface area contributed by atoms with Crippen LogP contribution in [0.5, 0.6) is 5.75 Å². The average molecular weight is 302 g/mol. The molecule has 2 aromatic carbocycles. The van der Waals surface area contributed by atoms with Crippen LogP contribution in [-0.2, 0) is 0 Å². The highest BCUT2D eigenvalue weighted by molar-refractivity contribution is 5.75. The molecule has 0 spiro atoms. The van der Waals surface area contributed by atoms with Crippen molar-refractivity contribution in [2.24, 2.45) is 4.99 Å². The summed E-state index contributed by atoms with van der Waals surface area (Å²) in [5.41, 5.74) is 3.29. The van der Waals surface area contributed by atoms with Crippen molar-refractivity contribution in [3.05, 3.63) is 72.1 Å². The SMILES string of the molecule is COc1ccc(N=c2ccc3nc4ccccc4oc-3c2)cc1. The normalized spacial score (nSPS) is 12.0. The Morgan fingerprint density at radius 1 is 0.957 bits per heavy atom. The van der Waals surface area contributed by atoms with Gasteiger partial charge in [-0.3, -0.25) is 0 Å². The largest absolute Gasteiger partial charge is 0.497 e. The molecule has 0 amide bonds. The van der Waals surface area contributed by atoms with Crippen LogP contribution >= 0.6 is 0 Å². The quantitative estimate of drug-likeness (QED) is 0.522. The summed E-state index contributed by atoms with van der Waals surface area (Å²) in [5, 5.41) is 0.823. The van der Waals surface area contributed by atoms with E-state index in [1.165, 1.54) is 0 Å². The molecule has 112 valence electrons. The number of ether oxygens (including phenoxy) is 1. The number of aromatic nitrogens is 1. The van der Waals surface area contributed by atoms with E-state index in [-0.39, 0.29) is 0 Å². The van der Waals surface area contributed by atoms with Gasteiger partial charge in [-0.25, -0.2) is 9.98 Å². The molecule has 4 heteroatoms.